The van der Waals surface area contributed by atoms with Crippen LogP contribution in [0.4, 0.5) is 17.6 Å². The molecule has 2 aromatic rings. The molecule has 3 rings (SSSR count). The van der Waals surface area contributed by atoms with Crippen molar-refractivity contribution < 1.29 is 27.1 Å². The van der Waals surface area contributed by atoms with Crippen LogP contribution in [0, 0.1) is 5.82 Å². The van der Waals surface area contributed by atoms with E-state index in [2.05, 4.69) is 4.74 Å². The number of hydrogen-bond acceptors (Lipinski definition) is 2. The lowest BCUT2D eigenvalue weighted by molar-refractivity contribution is -0.137. The molecule has 0 N–H and O–H groups in total. The van der Waals surface area contributed by atoms with Crippen molar-refractivity contribution in [1.29, 1.82) is 0 Å². The summed E-state index contributed by atoms with van der Waals surface area (Å²) < 4.78 is 59.2. The number of carbonyl (C=O) groups excluding carboxylic acids is 1. The smallest absolute Gasteiger partial charge is 0.417 e. The van der Waals surface area contributed by atoms with Gasteiger partial charge in [-0.2, -0.15) is 13.2 Å². The molecule has 2 aromatic carbocycles. The number of hydrogen-bond donors (Lipinski definition) is 0. The van der Waals surface area contributed by atoms with Crippen LogP contribution in [0.15, 0.2) is 42.5 Å². The maximum absolute atomic E-state index is 14.3. The highest BCUT2D eigenvalue weighted by Crippen LogP contribution is 2.46. The fourth-order valence-electron chi connectivity index (χ4n) is 3.30. The molecule has 6 heteroatoms. The van der Waals surface area contributed by atoms with Crippen molar-refractivity contribution in [2.45, 2.75) is 25.4 Å². The monoisotopic (exact) mass is 364 g/mol. The summed E-state index contributed by atoms with van der Waals surface area (Å²) in [5.41, 5.74) is -0.530. The molecule has 0 spiro atoms. The van der Waals surface area contributed by atoms with E-state index in [1.165, 1.54) is 30.3 Å². The summed E-state index contributed by atoms with van der Waals surface area (Å²) in [5.74, 6) is -1.64. The normalized spacial score (nSPS) is 15.4. The molecule has 0 aromatic heterocycles. The van der Waals surface area contributed by atoms with Gasteiger partial charge in [0.15, 0.2) is 0 Å². The van der Waals surface area contributed by atoms with Gasteiger partial charge in [0.2, 0.25) is 0 Å². The fourth-order valence-corrected chi connectivity index (χ4v) is 3.30. The van der Waals surface area contributed by atoms with E-state index in [0.29, 0.717) is 16.7 Å². The van der Waals surface area contributed by atoms with Crippen LogP contribution in [0.3, 0.4) is 0 Å². The molecule has 136 valence electrons. The van der Waals surface area contributed by atoms with Gasteiger partial charge < -0.3 is 4.74 Å². The Morgan fingerprint density at radius 2 is 1.73 bits per heavy atom. The topological polar surface area (TPSA) is 26.3 Å². The molecular formula is C20H16F4O2. The van der Waals surface area contributed by atoms with Crippen LogP contribution in [0.25, 0.3) is 5.57 Å². The lowest BCUT2D eigenvalue weighted by Gasteiger charge is -2.18. The Morgan fingerprint density at radius 1 is 1.08 bits per heavy atom. The summed E-state index contributed by atoms with van der Waals surface area (Å²) >= 11 is 0. The number of halogens is 4. The van der Waals surface area contributed by atoms with Crippen molar-refractivity contribution in [3.63, 3.8) is 0 Å². The van der Waals surface area contributed by atoms with Crippen molar-refractivity contribution in [2.75, 3.05) is 7.11 Å². The molecular weight excluding hydrogens is 348 g/mol. The van der Waals surface area contributed by atoms with E-state index in [4.69, 9.17) is 0 Å². The van der Waals surface area contributed by atoms with Crippen molar-refractivity contribution in [1.82, 2.24) is 0 Å². The van der Waals surface area contributed by atoms with Crippen molar-refractivity contribution >= 4 is 11.5 Å². The van der Waals surface area contributed by atoms with Crippen molar-refractivity contribution in [3.8, 4) is 0 Å². The summed E-state index contributed by atoms with van der Waals surface area (Å²) in [4.78, 5) is 11.8. The third kappa shape index (κ3) is 2.89. The highest BCUT2D eigenvalue weighted by Gasteiger charge is 2.38. The van der Waals surface area contributed by atoms with Gasteiger partial charge in [0, 0.05) is 5.41 Å². The van der Waals surface area contributed by atoms with E-state index in [1.54, 1.807) is 19.9 Å². The number of allylic oxidation sites excluding steroid dienone is 1. The second kappa shape index (κ2) is 5.97. The first-order chi connectivity index (χ1) is 12.1. The zero-order valence-electron chi connectivity index (χ0n) is 14.4. The van der Waals surface area contributed by atoms with Crippen molar-refractivity contribution in [3.05, 3.63) is 76.1 Å². The third-order valence-corrected chi connectivity index (χ3v) is 4.52. The van der Waals surface area contributed by atoms with Crippen LogP contribution in [-0.2, 0) is 16.3 Å². The number of carbonyl (C=O) groups is 1. The number of ether oxygens (including phenoxy) is 1. The lowest BCUT2D eigenvalue weighted by Crippen LogP contribution is -2.13. The second-order valence-corrected chi connectivity index (χ2v) is 6.69. The maximum atomic E-state index is 14.3. The molecule has 0 fully saturated rings. The van der Waals surface area contributed by atoms with Gasteiger partial charge in [0.1, 0.15) is 5.82 Å². The van der Waals surface area contributed by atoms with E-state index >= 15 is 0 Å². The number of esters is 1. The number of fused-ring (bicyclic) bond motifs is 1. The predicted molar refractivity (Wildman–Crippen MR) is 89.3 cm³/mol. The molecule has 0 unspecified atom stereocenters. The van der Waals surface area contributed by atoms with Gasteiger partial charge in [0.25, 0.3) is 0 Å². The lowest BCUT2D eigenvalue weighted by atomic mass is 9.86. The minimum atomic E-state index is -4.53. The first-order valence-electron chi connectivity index (χ1n) is 7.88. The van der Waals surface area contributed by atoms with E-state index in [-0.39, 0.29) is 11.1 Å². The average molecular weight is 364 g/mol. The molecule has 0 saturated heterocycles. The van der Waals surface area contributed by atoms with Gasteiger partial charge >= 0.3 is 12.1 Å². The van der Waals surface area contributed by atoms with Gasteiger partial charge in [-0.1, -0.05) is 38.1 Å². The zero-order chi connectivity index (χ0) is 19.3. The highest BCUT2D eigenvalue weighted by molar-refractivity contribution is 5.94. The van der Waals surface area contributed by atoms with Gasteiger partial charge in [0.05, 0.1) is 18.2 Å². The largest absolute Gasteiger partial charge is 0.465 e. The van der Waals surface area contributed by atoms with Gasteiger partial charge in [-0.05, 0) is 40.5 Å². The molecule has 1 aliphatic carbocycles. The van der Waals surface area contributed by atoms with E-state index in [9.17, 15) is 22.4 Å². The van der Waals surface area contributed by atoms with Crippen LogP contribution < -0.4 is 0 Å². The van der Waals surface area contributed by atoms with E-state index in [1.807, 2.05) is 0 Å². The highest BCUT2D eigenvalue weighted by atomic mass is 19.4. The van der Waals surface area contributed by atoms with Crippen LogP contribution in [0.2, 0.25) is 0 Å². The molecule has 0 bridgehead atoms. The molecule has 0 atom stereocenters. The molecule has 0 aliphatic heterocycles. The van der Waals surface area contributed by atoms with Crippen LogP contribution >= 0.6 is 0 Å². The Bertz CT molecular complexity index is 924. The minimum absolute atomic E-state index is 0.00533. The maximum Gasteiger partial charge on any atom is 0.417 e. The Hall–Kier alpha value is -2.63. The first-order valence-corrected chi connectivity index (χ1v) is 7.88. The van der Waals surface area contributed by atoms with E-state index in [0.717, 1.165) is 13.2 Å². The van der Waals surface area contributed by atoms with Crippen LogP contribution in [0.1, 0.15) is 46.5 Å². The summed E-state index contributed by atoms with van der Waals surface area (Å²) in [6.07, 6.45) is -2.86. The number of methoxy groups -OCH3 is 1. The third-order valence-electron chi connectivity index (χ3n) is 4.52. The van der Waals surface area contributed by atoms with Gasteiger partial charge in [-0.25, -0.2) is 9.18 Å². The Labute approximate surface area is 148 Å². The van der Waals surface area contributed by atoms with Crippen LogP contribution in [-0.4, -0.2) is 13.1 Å². The summed E-state index contributed by atoms with van der Waals surface area (Å²) in [5, 5.41) is 0. The number of rotatable bonds is 2. The molecule has 1 aliphatic rings. The number of benzene rings is 2. The summed E-state index contributed by atoms with van der Waals surface area (Å²) in [6.45, 7) is 3.57. The second-order valence-electron chi connectivity index (χ2n) is 6.69. The quantitative estimate of drug-likeness (QED) is 0.530. The average Bonchev–Trinajstić information content (AvgIpc) is 2.83. The predicted octanol–water partition coefficient (Wildman–Crippen LogP) is 5.35. The molecule has 0 saturated carbocycles. The number of alkyl halides is 3. The molecule has 26 heavy (non-hydrogen) atoms. The van der Waals surface area contributed by atoms with Crippen molar-refractivity contribution in [2.24, 2.45) is 0 Å². The fraction of sp³-hybridized carbons (Fsp3) is 0.250. The van der Waals surface area contributed by atoms with Gasteiger partial charge in [-0.15, -0.1) is 0 Å². The van der Waals surface area contributed by atoms with E-state index < -0.39 is 28.9 Å². The Morgan fingerprint density at radius 3 is 2.35 bits per heavy atom. The molecule has 0 radical (unpaired) electrons. The Balaban J connectivity index is 2.27. The molecule has 2 nitrogen and oxygen atoms in total. The summed E-state index contributed by atoms with van der Waals surface area (Å²) in [7, 11) is 1.12. The Kier molecular flexibility index (Phi) is 4.17. The zero-order valence-corrected chi connectivity index (χ0v) is 14.4. The summed E-state index contributed by atoms with van der Waals surface area (Å²) in [6, 6.07) is 7.68. The minimum Gasteiger partial charge on any atom is -0.465 e. The van der Waals surface area contributed by atoms with Gasteiger partial charge in [-0.3, -0.25) is 0 Å². The standard InChI is InChI=1S/C20H16F4O2/c1-19(2)10-14(11-6-4-5-7-15(11)20(22,23)24)12-8-13(18(25)26-3)17(21)9-16(12)19/h4-10H,1-3H3. The SMILES string of the molecule is COC(=O)c1cc2c(cc1F)C(C)(C)C=C2c1ccccc1C(F)(F)F. The molecule has 0 heterocycles. The van der Waals surface area contributed by atoms with Crippen LogP contribution in [0.5, 0.6) is 0 Å². The first kappa shape index (κ1) is 18.2. The molecule has 0 amide bonds.